The van der Waals surface area contributed by atoms with Gasteiger partial charge in [0.25, 0.3) is 5.91 Å². The lowest BCUT2D eigenvalue weighted by molar-refractivity contribution is 0.102. The van der Waals surface area contributed by atoms with E-state index in [2.05, 4.69) is 15.5 Å². The second-order valence-corrected chi connectivity index (χ2v) is 7.84. The van der Waals surface area contributed by atoms with Crippen molar-refractivity contribution in [2.45, 2.75) is 6.92 Å². The average Bonchev–Trinajstić information content (AvgIpc) is 3.23. The lowest BCUT2D eigenvalue weighted by atomic mass is 10.1. The highest BCUT2D eigenvalue weighted by Crippen LogP contribution is 2.37. The zero-order valence-electron chi connectivity index (χ0n) is 13.7. The van der Waals surface area contributed by atoms with Crippen LogP contribution in [0.2, 0.25) is 15.1 Å². The molecule has 2 aromatic carbocycles. The average molecular weight is 439 g/mol. The Bertz CT molecular complexity index is 1150. The van der Waals surface area contributed by atoms with Crippen LogP contribution in [0, 0.1) is 6.92 Å². The molecule has 4 rings (SSSR count). The van der Waals surface area contributed by atoms with Crippen LogP contribution in [0.3, 0.4) is 0 Å². The predicted molar refractivity (Wildman–Crippen MR) is 109 cm³/mol. The number of halogens is 3. The summed E-state index contributed by atoms with van der Waals surface area (Å²) in [4.78, 5) is 17.3. The molecule has 0 radical (unpaired) electrons. The topological polar surface area (TPSA) is 68.0 Å². The second-order valence-electron chi connectivity index (χ2n) is 5.62. The number of hydrogen-bond acceptors (Lipinski definition) is 5. The van der Waals surface area contributed by atoms with Gasteiger partial charge >= 0.3 is 0 Å². The molecule has 27 heavy (non-hydrogen) atoms. The molecule has 0 bridgehead atoms. The van der Waals surface area contributed by atoms with Gasteiger partial charge in [-0.15, -0.1) is 0 Å². The first-order valence-corrected chi connectivity index (χ1v) is 9.68. The van der Waals surface area contributed by atoms with E-state index in [1.165, 1.54) is 11.3 Å². The number of carbonyl (C=O) groups is 1. The van der Waals surface area contributed by atoms with Crippen LogP contribution in [0.4, 0.5) is 5.13 Å². The molecule has 9 heteroatoms. The van der Waals surface area contributed by atoms with Gasteiger partial charge in [0, 0.05) is 5.56 Å². The monoisotopic (exact) mass is 437 g/mol. The normalized spacial score (nSPS) is 11.1. The van der Waals surface area contributed by atoms with Crippen molar-refractivity contribution in [1.29, 1.82) is 0 Å². The zero-order valence-corrected chi connectivity index (χ0v) is 16.8. The third-order valence-electron chi connectivity index (χ3n) is 3.89. The Kier molecular flexibility index (Phi) is 4.82. The van der Waals surface area contributed by atoms with Crippen LogP contribution >= 0.6 is 46.1 Å². The molecular formula is C18H10Cl3N3O2S. The number of amides is 1. The minimum atomic E-state index is -0.407. The van der Waals surface area contributed by atoms with Crippen molar-refractivity contribution >= 4 is 67.4 Å². The van der Waals surface area contributed by atoms with Gasteiger partial charge in [0.1, 0.15) is 22.5 Å². The number of nitrogens with one attached hydrogen (secondary N) is 1. The minimum Gasteiger partial charge on any atom is -0.360 e. The SMILES string of the molecule is Cc1onc(-c2ccccc2Cl)c1C(=O)Nc1nc2c(Cl)ccc(Cl)c2s1. The molecule has 1 N–H and O–H groups in total. The van der Waals surface area contributed by atoms with Gasteiger partial charge in [-0.3, -0.25) is 10.1 Å². The fourth-order valence-corrected chi connectivity index (χ4v) is 4.28. The van der Waals surface area contributed by atoms with E-state index in [1.807, 2.05) is 6.07 Å². The molecule has 0 atom stereocenters. The summed E-state index contributed by atoms with van der Waals surface area (Å²) in [5.41, 5.74) is 1.81. The Morgan fingerprint density at radius 1 is 1.07 bits per heavy atom. The van der Waals surface area contributed by atoms with Crippen molar-refractivity contribution in [2.75, 3.05) is 5.32 Å². The van der Waals surface area contributed by atoms with Crippen LogP contribution in [0.15, 0.2) is 40.9 Å². The molecule has 0 unspecified atom stereocenters. The molecule has 0 aliphatic heterocycles. The fourth-order valence-electron chi connectivity index (χ4n) is 2.63. The van der Waals surface area contributed by atoms with Gasteiger partial charge < -0.3 is 4.52 Å². The first-order valence-electron chi connectivity index (χ1n) is 7.72. The molecule has 0 spiro atoms. The lowest BCUT2D eigenvalue weighted by Gasteiger charge is -2.04. The number of anilines is 1. The molecule has 0 aliphatic carbocycles. The number of fused-ring (bicyclic) bond motifs is 1. The number of hydrogen-bond donors (Lipinski definition) is 1. The van der Waals surface area contributed by atoms with E-state index in [9.17, 15) is 4.79 Å². The van der Waals surface area contributed by atoms with Crippen LogP contribution in [-0.4, -0.2) is 16.0 Å². The van der Waals surface area contributed by atoms with Gasteiger partial charge in [0.2, 0.25) is 0 Å². The van der Waals surface area contributed by atoms with Gasteiger partial charge in [-0.25, -0.2) is 4.98 Å². The molecule has 0 aliphatic rings. The van der Waals surface area contributed by atoms with Crippen molar-refractivity contribution in [3.63, 3.8) is 0 Å². The summed E-state index contributed by atoms with van der Waals surface area (Å²) < 4.78 is 5.93. The fraction of sp³-hybridized carbons (Fsp3) is 0.0556. The summed E-state index contributed by atoms with van der Waals surface area (Å²) in [5, 5.41) is 8.59. The predicted octanol–water partition coefficient (Wildman–Crippen LogP) is 6.47. The van der Waals surface area contributed by atoms with E-state index < -0.39 is 5.91 Å². The van der Waals surface area contributed by atoms with E-state index >= 15 is 0 Å². The molecule has 4 aromatic rings. The molecule has 136 valence electrons. The summed E-state index contributed by atoms with van der Waals surface area (Å²) in [7, 11) is 0. The summed E-state index contributed by atoms with van der Waals surface area (Å²) in [6.07, 6.45) is 0. The lowest BCUT2D eigenvalue weighted by Crippen LogP contribution is -2.13. The van der Waals surface area contributed by atoms with Gasteiger partial charge in [-0.1, -0.05) is 69.5 Å². The highest BCUT2D eigenvalue weighted by atomic mass is 35.5. The maximum atomic E-state index is 12.9. The number of benzene rings is 2. The summed E-state index contributed by atoms with van der Waals surface area (Å²) in [5.74, 6) is -0.0328. The number of rotatable bonds is 3. The van der Waals surface area contributed by atoms with Gasteiger partial charge in [0.15, 0.2) is 5.13 Å². The first-order chi connectivity index (χ1) is 13.0. The third kappa shape index (κ3) is 3.30. The van der Waals surface area contributed by atoms with Crippen LogP contribution < -0.4 is 5.32 Å². The van der Waals surface area contributed by atoms with Crippen molar-refractivity contribution < 1.29 is 9.32 Å². The Balaban J connectivity index is 1.73. The van der Waals surface area contributed by atoms with Crippen LogP contribution in [-0.2, 0) is 0 Å². The Labute approximate surface area is 172 Å². The maximum Gasteiger partial charge on any atom is 0.263 e. The highest BCUT2D eigenvalue weighted by molar-refractivity contribution is 7.23. The maximum absolute atomic E-state index is 12.9. The smallest absolute Gasteiger partial charge is 0.263 e. The van der Waals surface area contributed by atoms with Crippen molar-refractivity contribution in [3.05, 3.63) is 62.8 Å². The van der Waals surface area contributed by atoms with E-state index in [0.717, 1.165) is 0 Å². The molecule has 5 nitrogen and oxygen atoms in total. The zero-order chi connectivity index (χ0) is 19.1. The number of carbonyl (C=O) groups excluding carboxylic acids is 1. The number of thiazole rings is 1. The number of aryl methyl sites for hydroxylation is 1. The Morgan fingerprint density at radius 2 is 1.81 bits per heavy atom. The quantitative estimate of drug-likeness (QED) is 0.398. The summed E-state index contributed by atoms with van der Waals surface area (Å²) in [6.45, 7) is 1.66. The largest absolute Gasteiger partial charge is 0.360 e. The molecule has 0 saturated heterocycles. The van der Waals surface area contributed by atoms with Gasteiger partial charge in [-0.05, 0) is 25.1 Å². The van der Waals surface area contributed by atoms with Gasteiger partial charge in [-0.2, -0.15) is 0 Å². The standard InChI is InChI=1S/C18H10Cl3N3O2S/c1-8-13(14(24-26-8)9-4-2-3-5-10(9)19)17(25)23-18-22-15-11(20)6-7-12(21)16(15)27-18/h2-7H,1H3,(H,22,23,25). The van der Waals surface area contributed by atoms with E-state index in [1.54, 1.807) is 37.3 Å². The molecule has 1 amide bonds. The Hall–Kier alpha value is -2.12. The van der Waals surface area contributed by atoms with Crippen LogP contribution in [0.5, 0.6) is 0 Å². The van der Waals surface area contributed by atoms with Crippen molar-refractivity contribution in [1.82, 2.24) is 10.1 Å². The van der Waals surface area contributed by atoms with E-state index in [0.29, 0.717) is 53.0 Å². The molecule has 2 heterocycles. The molecular weight excluding hydrogens is 429 g/mol. The molecule has 2 aromatic heterocycles. The van der Waals surface area contributed by atoms with Crippen LogP contribution in [0.1, 0.15) is 16.1 Å². The van der Waals surface area contributed by atoms with Crippen molar-refractivity contribution in [3.8, 4) is 11.3 Å². The first kappa shape index (κ1) is 18.3. The second kappa shape index (κ2) is 7.13. The van der Waals surface area contributed by atoms with E-state index in [-0.39, 0.29) is 0 Å². The number of nitrogens with zero attached hydrogens (tertiary/aromatic N) is 2. The molecule has 0 saturated carbocycles. The van der Waals surface area contributed by atoms with Crippen molar-refractivity contribution in [2.24, 2.45) is 0 Å². The van der Waals surface area contributed by atoms with E-state index in [4.69, 9.17) is 39.3 Å². The number of aromatic nitrogens is 2. The summed E-state index contributed by atoms with van der Waals surface area (Å²) >= 11 is 19.8. The van der Waals surface area contributed by atoms with Crippen LogP contribution in [0.25, 0.3) is 21.5 Å². The minimum absolute atomic E-state index is 0.291. The Morgan fingerprint density at radius 3 is 2.56 bits per heavy atom. The van der Waals surface area contributed by atoms with Gasteiger partial charge in [0.05, 0.1) is 19.8 Å². The molecule has 0 fully saturated rings. The summed E-state index contributed by atoms with van der Waals surface area (Å²) in [6, 6.07) is 10.5. The highest BCUT2D eigenvalue weighted by Gasteiger charge is 2.24. The third-order valence-corrected chi connectivity index (χ3v) is 5.95.